The van der Waals surface area contributed by atoms with Gasteiger partial charge in [-0.25, -0.2) is 14.6 Å². The summed E-state index contributed by atoms with van der Waals surface area (Å²) in [6.45, 7) is 14.5. The van der Waals surface area contributed by atoms with Crippen LogP contribution >= 0.6 is 11.3 Å². The van der Waals surface area contributed by atoms with Gasteiger partial charge in [-0.3, -0.25) is 14.6 Å². The number of aliphatic hydroxyl groups is 1. The van der Waals surface area contributed by atoms with E-state index in [-0.39, 0.29) is 24.8 Å². The van der Waals surface area contributed by atoms with Gasteiger partial charge in [-0.1, -0.05) is 102 Å². The van der Waals surface area contributed by atoms with Crippen LogP contribution in [0.15, 0.2) is 84.4 Å². The van der Waals surface area contributed by atoms with E-state index in [1.165, 1.54) is 18.4 Å². The molecule has 2 aromatic carbocycles. The minimum absolute atomic E-state index is 0.0718. The summed E-state index contributed by atoms with van der Waals surface area (Å²) in [5.41, 5.74) is 3.01. The van der Waals surface area contributed by atoms with Gasteiger partial charge in [0.25, 0.3) is 0 Å². The van der Waals surface area contributed by atoms with Crippen molar-refractivity contribution in [3.05, 3.63) is 106 Å². The molecule has 1 aliphatic heterocycles. The van der Waals surface area contributed by atoms with E-state index in [1.54, 1.807) is 16.0 Å². The number of thiazole rings is 1. The molecule has 5 rings (SSSR count). The lowest BCUT2D eigenvalue weighted by atomic mass is 9.84. The summed E-state index contributed by atoms with van der Waals surface area (Å²) in [7, 11) is 1.23. The quantitative estimate of drug-likeness (QED) is 0.105. The third-order valence-electron chi connectivity index (χ3n) is 10.5. The van der Waals surface area contributed by atoms with Crippen LogP contribution in [0.5, 0.6) is 0 Å². The van der Waals surface area contributed by atoms with Gasteiger partial charge in [-0.05, 0) is 60.3 Å². The molecule has 0 aliphatic carbocycles. The maximum atomic E-state index is 14.5. The molecule has 5 atom stereocenters. The van der Waals surface area contributed by atoms with Gasteiger partial charge in [0.2, 0.25) is 11.8 Å². The van der Waals surface area contributed by atoms with Crippen molar-refractivity contribution in [1.29, 1.82) is 0 Å². The summed E-state index contributed by atoms with van der Waals surface area (Å²) >= 11 is 1.53. The van der Waals surface area contributed by atoms with Crippen LogP contribution in [-0.2, 0) is 33.7 Å². The fourth-order valence-corrected chi connectivity index (χ4v) is 8.10. The van der Waals surface area contributed by atoms with Crippen LogP contribution in [0, 0.1) is 17.8 Å². The number of alkyl carbamates (subject to hydrolysis) is 1. The molecule has 4 aromatic rings. The van der Waals surface area contributed by atoms with E-state index in [2.05, 4.69) is 25.9 Å². The number of hydrogen-bond acceptors (Lipinski definition) is 9. The SMILES string of the molecule is COC(=O)NC(C(=O)N[C@@H](Cc1ccc(-c2ccccn2)cc1)[C@@H](O)C[C@H](Cc1ccccc1)NC(=O)C(N1CCN(Cc2csc(C)n2)C1=O)C(C)(C)C)C(C)(C)C. The lowest BCUT2D eigenvalue weighted by molar-refractivity contribution is -0.130. The minimum Gasteiger partial charge on any atom is -0.453 e. The monoisotopic (exact) mass is 825 g/mol. The maximum absolute atomic E-state index is 14.5. The van der Waals surface area contributed by atoms with Gasteiger partial charge in [0.05, 0.1) is 42.2 Å². The van der Waals surface area contributed by atoms with Gasteiger partial charge in [-0.15, -0.1) is 11.3 Å². The second-order valence-electron chi connectivity index (χ2n) is 17.4. The van der Waals surface area contributed by atoms with Crippen LogP contribution in [-0.4, -0.2) is 99.3 Å². The number of nitrogens with one attached hydrogen (secondary N) is 3. The number of ether oxygens (including phenoxy) is 1. The van der Waals surface area contributed by atoms with E-state index < -0.39 is 53.1 Å². The standard InChI is InChI=1S/C45H59N7O6S/c1-29-47-34(28-59-29)27-51-22-23-52(43(51)57)39(45(5,6)7)41(55)48-33(24-30-14-10-9-11-15-30)26-37(53)36(49-40(54)38(44(2,3)4)50-42(56)58-8)25-31-17-19-32(20-18-31)35-16-12-13-21-46-35/h9-21,28,33,36-39,53H,22-27H2,1-8H3,(H,48,55)(H,49,54)(H,50,56)/t33-,36-,37-,38?,39?/m0/s1. The zero-order valence-corrected chi connectivity index (χ0v) is 36.2. The molecule has 1 fully saturated rings. The number of nitrogens with zero attached hydrogens (tertiary/aromatic N) is 4. The molecule has 0 radical (unpaired) electrons. The maximum Gasteiger partial charge on any atom is 0.407 e. The summed E-state index contributed by atoms with van der Waals surface area (Å²) in [5, 5.41) is 24.0. The first-order valence-electron chi connectivity index (χ1n) is 20.1. The van der Waals surface area contributed by atoms with E-state index in [1.807, 2.05) is 127 Å². The number of hydrogen-bond donors (Lipinski definition) is 4. The van der Waals surface area contributed by atoms with Gasteiger partial charge < -0.3 is 35.6 Å². The molecule has 59 heavy (non-hydrogen) atoms. The predicted octanol–water partition coefficient (Wildman–Crippen LogP) is 6.14. The summed E-state index contributed by atoms with van der Waals surface area (Å²) < 4.78 is 4.83. The average molecular weight is 826 g/mol. The Balaban J connectivity index is 1.41. The van der Waals surface area contributed by atoms with Crippen LogP contribution in [0.2, 0.25) is 0 Å². The van der Waals surface area contributed by atoms with Gasteiger partial charge in [0, 0.05) is 36.3 Å². The molecule has 0 spiro atoms. The zero-order chi connectivity index (χ0) is 42.9. The van der Waals surface area contributed by atoms with Crippen LogP contribution in [0.1, 0.15) is 69.8 Å². The Hall–Kier alpha value is -5.34. The molecule has 4 N–H and O–H groups in total. The van der Waals surface area contributed by atoms with E-state index >= 15 is 0 Å². The first kappa shape index (κ1) is 44.8. The topological polar surface area (TPSA) is 166 Å². The van der Waals surface area contributed by atoms with Crippen molar-refractivity contribution in [3.63, 3.8) is 0 Å². The van der Waals surface area contributed by atoms with E-state index in [0.29, 0.717) is 26.1 Å². The molecular weight excluding hydrogens is 767 g/mol. The number of amides is 5. The number of carbonyl (C=O) groups is 4. The number of benzene rings is 2. The van der Waals surface area contributed by atoms with Crippen molar-refractivity contribution in [2.45, 2.75) is 105 Å². The Labute approximate surface area is 352 Å². The minimum atomic E-state index is -1.15. The molecule has 2 unspecified atom stereocenters. The molecule has 3 heterocycles. The third kappa shape index (κ3) is 12.3. The largest absolute Gasteiger partial charge is 0.453 e. The number of aryl methyl sites for hydroxylation is 1. The lowest BCUT2D eigenvalue weighted by Crippen LogP contribution is -2.59. The number of pyridine rings is 1. The van der Waals surface area contributed by atoms with Crippen molar-refractivity contribution in [1.82, 2.24) is 35.7 Å². The van der Waals surface area contributed by atoms with E-state index in [4.69, 9.17) is 4.74 Å². The Bertz CT molecular complexity index is 2010. The fraction of sp³-hybridized carbons (Fsp3) is 0.467. The van der Waals surface area contributed by atoms with Crippen LogP contribution < -0.4 is 16.0 Å². The molecule has 5 amide bonds. The Morgan fingerprint density at radius 1 is 0.847 bits per heavy atom. The second kappa shape index (κ2) is 19.6. The highest BCUT2D eigenvalue weighted by molar-refractivity contribution is 7.09. The van der Waals surface area contributed by atoms with Crippen LogP contribution in [0.4, 0.5) is 9.59 Å². The zero-order valence-electron chi connectivity index (χ0n) is 35.4. The Morgan fingerprint density at radius 3 is 2.12 bits per heavy atom. The first-order chi connectivity index (χ1) is 27.9. The average Bonchev–Trinajstić information content (AvgIpc) is 3.76. The normalized spacial score (nSPS) is 15.8. The summed E-state index contributed by atoms with van der Waals surface area (Å²) in [4.78, 5) is 67.2. The van der Waals surface area contributed by atoms with Crippen LogP contribution in [0.25, 0.3) is 11.3 Å². The van der Waals surface area contributed by atoms with Crippen LogP contribution in [0.3, 0.4) is 0 Å². The van der Waals surface area contributed by atoms with Crippen molar-refractivity contribution >= 4 is 35.3 Å². The van der Waals surface area contributed by atoms with Gasteiger partial charge in [-0.2, -0.15) is 0 Å². The van der Waals surface area contributed by atoms with Gasteiger partial charge in [0.1, 0.15) is 12.1 Å². The molecule has 2 aromatic heterocycles. The first-order valence-corrected chi connectivity index (χ1v) is 20.9. The van der Waals surface area contributed by atoms with Crippen molar-refractivity contribution < 1.29 is 29.0 Å². The molecule has 0 bridgehead atoms. The number of urea groups is 1. The number of carbonyl (C=O) groups excluding carboxylic acids is 4. The lowest BCUT2D eigenvalue weighted by Gasteiger charge is -2.38. The van der Waals surface area contributed by atoms with Crippen molar-refractivity contribution in [2.24, 2.45) is 10.8 Å². The number of aromatic nitrogens is 2. The summed E-state index contributed by atoms with van der Waals surface area (Å²) in [6, 6.07) is 19.7. The summed E-state index contributed by atoms with van der Waals surface area (Å²) in [5.74, 6) is -0.815. The highest BCUT2D eigenvalue weighted by Gasteiger charge is 2.44. The molecule has 316 valence electrons. The molecule has 13 nitrogen and oxygen atoms in total. The Morgan fingerprint density at radius 2 is 1.53 bits per heavy atom. The molecule has 0 saturated carbocycles. The van der Waals surface area contributed by atoms with Gasteiger partial charge >= 0.3 is 12.1 Å². The molecular formula is C45H59N7O6S. The smallest absolute Gasteiger partial charge is 0.407 e. The number of aliphatic hydroxyl groups excluding tert-OH is 1. The van der Waals surface area contributed by atoms with Crippen molar-refractivity contribution in [3.8, 4) is 11.3 Å². The number of rotatable bonds is 16. The fourth-order valence-electron chi connectivity index (χ4n) is 7.49. The molecule has 1 saturated heterocycles. The Kier molecular flexibility index (Phi) is 14.9. The van der Waals surface area contributed by atoms with Crippen molar-refractivity contribution in [2.75, 3.05) is 20.2 Å². The number of methoxy groups -OCH3 is 1. The highest BCUT2D eigenvalue weighted by atomic mass is 32.1. The summed E-state index contributed by atoms with van der Waals surface area (Å²) in [6.07, 6.45) is 0.535. The van der Waals surface area contributed by atoms with Gasteiger partial charge in [0.15, 0.2) is 0 Å². The second-order valence-corrected chi connectivity index (χ2v) is 18.5. The third-order valence-corrected chi connectivity index (χ3v) is 11.3. The van der Waals surface area contributed by atoms with E-state index in [9.17, 15) is 24.3 Å². The van der Waals surface area contributed by atoms with E-state index in [0.717, 1.165) is 33.1 Å². The predicted molar refractivity (Wildman–Crippen MR) is 229 cm³/mol. The molecule has 14 heteroatoms. The molecule has 1 aliphatic rings. The highest BCUT2D eigenvalue weighted by Crippen LogP contribution is 2.30.